The van der Waals surface area contributed by atoms with Gasteiger partial charge in [0.05, 0.1) is 12.2 Å². The number of hydrogen-bond acceptors (Lipinski definition) is 6. The van der Waals surface area contributed by atoms with E-state index in [1.165, 1.54) is 16.5 Å². The van der Waals surface area contributed by atoms with Crippen LogP contribution in [0.4, 0.5) is 16.0 Å². The van der Waals surface area contributed by atoms with Crippen LogP contribution >= 0.6 is 0 Å². The van der Waals surface area contributed by atoms with Gasteiger partial charge in [0.2, 0.25) is 5.95 Å². The van der Waals surface area contributed by atoms with Crippen molar-refractivity contribution in [3.8, 4) is 11.1 Å². The third-order valence-electron chi connectivity index (χ3n) is 7.07. The molecule has 1 saturated carbocycles. The number of fused-ring (bicyclic) bond motifs is 2. The maximum absolute atomic E-state index is 14.6. The minimum atomic E-state index is -1.10. The van der Waals surface area contributed by atoms with Crippen LogP contribution in [0, 0.1) is 5.82 Å². The molecule has 7 nitrogen and oxygen atoms in total. The fourth-order valence-electron chi connectivity index (χ4n) is 4.76. The van der Waals surface area contributed by atoms with Crippen LogP contribution in [0.3, 0.4) is 0 Å². The molecular weight excluding hydrogens is 447 g/mol. The molecule has 3 aromatic rings. The highest BCUT2D eigenvalue weighted by Crippen LogP contribution is 2.57. The molecule has 2 N–H and O–H groups in total. The highest BCUT2D eigenvalue weighted by molar-refractivity contribution is 5.96. The van der Waals surface area contributed by atoms with Gasteiger partial charge in [0.1, 0.15) is 5.82 Å². The zero-order valence-corrected chi connectivity index (χ0v) is 20.1. The lowest BCUT2D eigenvalue weighted by molar-refractivity contribution is 0.0765. The summed E-state index contributed by atoms with van der Waals surface area (Å²) in [6, 6.07) is 10.3. The molecule has 0 saturated heterocycles. The molecular formula is C27H29FN4O3. The normalized spacial score (nSPS) is 15.9. The van der Waals surface area contributed by atoms with Crippen molar-refractivity contribution in [2.45, 2.75) is 37.7 Å². The summed E-state index contributed by atoms with van der Waals surface area (Å²) in [6.07, 6.45) is 5.33. The fourth-order valence-corrected chi connectivity index (χ4v) is 4.76. The molecule has 35 heavy (non-hydrogen) atoms. The maximum Gasteiger partial charge on any atom is 0.253 e. The van der Waals surface area contributed by atoms with E-state index >= 15 is 0 Å². The number of hydrogen-bond donors (Lipinski definition) is 2. The van der Waals surface area contributed by atoms with Gasteiger partial charge < -0.3 is 20.0 Å². The zero-order chi connectivity index (χ0) is 25.0. The summed E-state index contributed by atoms with van der Waals surface area (Å²) >= 11 is 0. The smallest absolute Gasteiger partial charge is 0.253 e. The Morgan fingerprint density at radius 1 is 1.17 bits per heavy atom. The molecule has 1 aliphatic heterocycles. The third-order valence-corrected chi connectivity index (χ3v) is 7.07. The number of aromatic nitrogens is 2. The highest BCUT2D eigenvalue weighted by Gasteiger charge is 2.52. The monoisotopic (exact) mass is 476 g/mol. The first kappa shape index (κ1) is 23.4. The van der Waals surface area contributed by atoms with Gasteiger partial charge in [0.25, 0.3) is 5.91 Å². The van der Waals surface area contributed by atoms with Crippen LogP contribution in [0.15, 0.2) is 48.8 Å². The van der Waals surface area contributed by atoms with E-state index in [9.17, 15) is 19.4 Å². The summed E-state index contributed by atoms with van der Waals surface area (Å²) in [5.41, 5.74) is 3.06. The summed E-state index contributed by atoms with van der Waals surface area (Å²) < 4.78 is 14.6. The van der Waals surface area contributed by atoms with Crippen molar-refractivity contribution in [2.75, 3.05) is 31.6 Å². The number of likely N-dealkylation sites (N-methyl/N-ethyl adjacent to an activating group) is 1. The standard InChI is InChI=1S/C27H29FN4O3/c1-26(2,35)19-5-7-22(28)20(13-19)18-14-29-25(30-15-18)32-16-27(8-9-27)21-6-4-17(12-23(21)32)24(34)31(3)10-11-33/h4-7,12-15,33,35H,8-11,16H2,1-3H3. The largest absolute Gasteiger partial charge is 0.395 e. The average molecular weight is 477 g/mol. The van der Waals surface area contributed by atoms with Gasteiger partial charge in [-0.25, -0.2) is 14.4 Å². The van der Waals surface area contributed by atoms with Crippen molar-refractivity contribution in [3.63, 3.8) is 0 Å². The number of amides is 1. The van der Waals surface area contributed by atoms with Gasteiger partial charge in [-0.05, 0) is 62.1 Å². The van der Waals surface area contributed by atoms with Gasteiger partial charge in [-0.2, -0.15) is 0 Å². The highest BCUT2D eigenvalue weighted by atomic mass is 19.1. The van der Waals surface area contributed by atoms with Crippen LogP contribution in [0.1, 0.15) is 48.2 Å². The maximum atomic E-state index is 14.6. The van der Waals surface area contributed by atoms with Crippen LogP contribution in [0.5, 0.6) is 0 Å². The van der Waals surface area contributed by atoms with Gasteiger partial charge in [0, 0.05) is 60.3 Å². The minimum Gasteiger partial charge on any atom is -0.395 e. The molecule has 1 aromatic heterocycles. The first-order valence-corrected chi connectivity index (χ1v) is 11.8. The average Bonchev–Trinajstić information content (AvgIpc) is 3.54. The number of aliphatic hydroxyl groups excluding tert-OH is 1. The molecule has 182 valence electrons. The number of aliphatic hydroxyl groups is 2. The van der Waals surface area contributed by atoms with Crippen molar-refractivity contribution in [2.24, 2.45) is 0 Å². The third kappa shape index (κ3) is 4.17. The Morgan fingerprint density at radius 2 is 1.89 bits per heavy atom. The Labute approximate surface area is 203 Å². The van der Waals surface area contributed by atoms with E-state index in [1.807, 2.05) is 23.1 Å². The number of benzene rings is 2. The molecule has 0 radical (unpaired) electrons. The Balaban J connectivity index is 1.48. The molecule has 5 rings (SSSR count). The van der Waals surface area contributed by atoms with Gasteiger partial charge in [0.15, 0.2) is 0 Å². The lowest BCUT2D eigenvalue weighted by Gasteiger charge is -2.20. The zero-order valence-electron chi connectivity index (χ0n) is 20.1. The summed E-state index contributed by atoms with van der Waals surface area (Å²) in [4.78, 5) is 25.4. The summed E-state index contributed by atoms with van der Waals surface area (Å²) in [5, 5.41) is 19.5. The van der Waals surface area contributed by atoms with Crippen LogP contribution in [0.25, 0.3) is 11.1 Å². The van der Waals surface area contributed by atoms with Crippen molar-refractivity contribution in [1.29, 1.82) is 0 Å². The van der Waals surface area contributed by atoms with Crippen molar-refractivity contribution in [1.82, 2.24) is 14.9 Å². The molecule has 0 bridgehead atoms. The van der Waals surface area contributed by atoms with Gasteiger partial charge in [-0.1, -0.05) is 12.1 Å². The number of nitrogens with zero attached hydrogens (tertiary/aromatic N) is 4. The van der Waals surface area contributed by atoms with Crippen LogP contribution in [-0.4, -0.2) is 57.7 Å². The van der Waals surface area contributed by atoms with Gasteiger partial charge in [-0.3, -0.25) is 4.79 Å². The van der Waals surface area contributed by atoms with E-state index in [2.05, 4.69) is 9.97 Å². The van der Waals surface area contributed by atoms with E-state index in [-0.39, 0.29) is 24.5 Å². The van der Waals surface area contributed by atoms with Crippen LogP contribution in [-0.2, 0) is 11.0 Å². The fraction of sp³-hybridized carbons (Fsp3) is 0.370. The Bertz CT molecular complexity index is 1280. The van der Waals surface area contributed by atoms with E-state index in [0.29, 0.717) is 28.2 Å². The van der Waals surface area contributed by atoms with E-state index in [1.54, 1.807) is 45.4 Å². The second-order valence-electron chi connectivity index (χ2n) is 10.1. The van der Waals surface area contributed by atoms with Gasteiger partial charge >= 0.3 is 0 Å². The topological polar surface area (TPSA) is 89.8 Å². The Kier molecular flexibility index (Phi) is 5.61. The number of carbonyl (C=O) groups is 1. The van der Waals surface area contributed by atoms with Gasteiger partial charge in [-0.15, -0.1) is 0 Å². The Morgan fingerprint density at radius 3 is 2.51 bits per heavy atom. The second kappa shape index (κ2) is 8.39. The predicted octanol–water partition coefficient (Wildman–Crippen LogP) is 3.76. The molecule has 0 unspecified atom stereocenters. The van der Waals surface area contributed by atoms with E-state index in [0.717, 1.165) is 25.1 Å². The summed E-state index contributed by atoms with van der Waals surface area (Å²) in [5.74, 6) is -0.0731. The van der Waals surface area contributed by atoms with Crippen molar-refractivity contribution >= 4 is 17.5 Å². The molecule has 1 aliphatic carbocycles. The first-order chi connectivity index (χ1) is 16.6. The molecule has 8 heteroatoms. The molecule has 1 spiro atoms. The second-order valence-corrected chi connectivity index (χ2v) is 10.1. The van der Waals surface area contributed by atoms with E-state index in [4.69, 9.17) is 0 Å². The lowest BCUT2D eigenvalue weighted by atomic mass is 9.95. The molecule has 2 heterocycles. The quantitative estimate of drug-likeness (QED) is 0.563. The molecule has 1 fully saturated rings. The number of anilines is 2. The summed E-state index contributed by atoms with van der Waals surface area (Å²) in [7, 11) is 1.67. The molecule has 2 aliphatic rings. The molecule has 2 aromatic carbocycles. The number of rotatable bonds is 6. The number of carbonyl (C=O) groups excluding carboxylic acids is 1. The first-order valence-electron chi connectivity index (χ1n) is 11.8. The SMILES string of the molecule is CN(CCO)C(=O)c1ccc2c(c1)N(c1ncc(-c3cc(C(C)(C)O)ccc3F)cn1)CC21CC1. The Hall–Kier alpha value is -3.36. The minimum absolute atomic E-state index is 0.0586. The van der Waals surface area contributed by atoms with E-state index < -0.39 is 11.4 Å². The van der Waals surface area contributed by atoms with Crippen LogP contribution < -0.4 is 4.90 Å². The van der Waals surface area contributed by atoms with Crippen molar-refractivity contribution in [3.05, 3.63) is 71.3 Å². The molecule has 0 atom stereocenters. The molecule has 1 amide bonds. The van der Waals surface area contributed by atoms with Crippen molar-refractivity contribution < 1.29 is 19.4 Å². The summed E-state index contributed by atoms with van der Waals surface area (Å²) in [6.45, 7) is 4.21. The van der Waals surface area contributed by atoms with Crippen LogP contribution in [0.2, 0.25) is 0 Å². The lowest BCUT2D eigenvalue weighted by Crippen LogP contribution is -2.29. The predicted molar refractivity (Wildman–Crippen MR) is 131 cm³/mol. The number of halogens is 1.